The molecule has 0 spiro atoms. The zero-order chi connectivity index (χ0) is 18.5. The molecule has 134 valence electrons. The van der Waals surface area contributed by atoms with Crippen LogP contribution in [-0.4, -0.2) is 21.2 Å². The van der Waals surface area contributed by atoms with Gasteiger partial charge in [0.15, 0.2) is 5.16 Å². The number of benzene rings is 1. The maximum atomic E-state index is 12.7. The van der Waals surface area contributed by atoms with Gasteiger partial charge >= 0.3 is 0 Å². The lowest BCUT2D eigenvalue weighted by atomic mass is 10.2. The number of amides is 1. The van der Waals surface area contributed by atoms with Crippen molar-refractivity contribution in [3.05, 3.63) is 69.7 Å². The summed E-state index contributed by atoms with van der Waals surface area (Å²) in [4.78, 5) is 30.6. The van der Waals surface area contributed by atoms with Crippen molar-refractivity contribution in [3.63, 3.8) is 0 Å². The fraction of sp³-hybridized carbons (Fsp3) is 0.211. The molecule has 3 aromatic rings. The number of fused-ring (bicyclic) bond motifs is 1. The highest BCUT2D eigenvalue weighted by Gasteiger charge is 2.14. The molecule has 5 nitrogen and oxygen atoms in total. The van der Waals surface area contributed by atoms with E-state index in [1.165, 1.54) is 11.8 Å². The minimum absolute atomic E-state index is 0.0389. The molecule has 2 heterocycles. The molecule has 0 bridgehead atoms. The van der Waals surface area contributed by atoms with Gasteiger partial charge in [-0.15, -0.1) is 17.9 Å². The van der Waals surface area contributed by atoms with E-state index in [2.05, 4.69) is 16.9 Å². The zero-order valence-corrected chi connectivity index (χ0v) is 16.0. The molecule has 0 radical (unpaired) electrons. The third kappa shape index (κ3) is 4.05. The molecular weight excluding hydrogens is 366 g/mol. The van der Waals surface area contributed by atoms with Crippen molar-refractivity contribution < 1.29 is 4.79 Å². The number of carbonyl (C=O) groups excluding carboxylic acids is 1. The summed E-state index contributed by atoms with van der Waals surface area (Å²) in [7, 11) is 0. The Morgan fingerprint density at radius 2 is 2.19 bits per heavy atom. The number of hydrogen-bond donors (Lipinski definition) is 1. The Morgan fingerprint density at radius 3 is 2.92 bits per heavy atom. The van der Waals surface area contributed by atoms with Crippen molar-refractivity contribution in [2.45, 2.75) is 24.7 Å². The number of rotatable bonds is 7. The minimum atomic E-state index is -0.120. The van der Waals surface area contributed by atoms with Crippen molar-refractivity contribution in [2.75, 3.05) is 5.75 Å². The Balaban J connectivity index is 1.77. The van der Waals surface area contributed by atoms with Crippen LogP contribution >= 0.6 is 23.1 Å². The summed E-state index contributed by atoms with van der Waals surface area (Å²) >= 11 is 2.87. The van der Waals surface area contributed by atoms with Gasteiger partial charge in [-0.25, -0.2) is 4.98 Å². The number of thioether (sulfide) groups is 1. The standard InChI is InChI=1S/C19H19N3O2S2/c1-3-10-22-18(24)14-7-4-5-8-15(14)21-19(22)26-12-17(23)20-13(2)16-9-6-11-25-16/h3-9,11,13H,1,10,12H2,2H3,(H,20,23)/t13-/m1/s1. The van der Waals surface area contributed by atoms with Crippen LogP contribution in [0.4, 0.5) is 0 Å². The molecule has 0 saturated heterocycles. The van der Waals surface area contributed by atoms with Gasteiger partial charge in [-0.3, -0.25) is 14.2 Å². The zero-order valence-electron chi connectivity index (χ0n) is 14.3. The molecule has 1 aromatic carbocycles. The van der Waals surface area contributed by atoms with Crippen LogP contribution in [0, 0.1) is 0 Å². The number of nitrogens with zero attached hydrogens (tertiary/aromatic N) is 2. The maximum absolute atomic E-state index is 12.7. The number of hydrogen-bond acceptors (Lipinski definition) is 5. The van der Waals surface area contributed by atoms with Crippen molar-refractivity contribution >= 4 is 39.9 Å². The van der Waals surface area contributed by atoms with E-state index in [4.69, 9.17) is 0 Å². The van der Waals surface area contributed by atoms with Gasteiger partial charge in [-0.1, -0.05) is 36.0 Å². The van der Waals surface area contributed by atoms with E-state index in [0.29, 0.717) is 22.6 Å². The van der Waals surface area contributed by atoms with Crippen LogP contribution in [-0.2, 0) is 11.3 Å². The van der Waals surface area contributed by atoms with E-state index < -0.39 is 0 Å². The first-order valence-electron chi connectivity index (χ1n) is 8.16. The minimum Gasteiger partial charge on any atom is -0.348 e. The van der Waals surface area contributed by atoms with Gasteiger partial charge in [-0.2, -0.15) is 0 Å². The molecule has 0 aliphatic rings. The molecule has 0 aliphatic heterocycles. The van der Waals surface area contributed by atoms with E-state index >= 15 is 0 Å². The summed E-state index contributed by atoms with van der Waals surface area (Å²) in [5.41, 5.74) is 0.512. The van der Waals surface area contributed by atoms with Crippen LogP contribution in [0.25, 0.3) is 10.9 Å². The lowest BCUT2D eigenvalue weighted by Gasteiger charge is -2.13. The second-order valence-corrected chi connectivity index (χ2v) is 7.63. The second-order valence-electron chi connectivity index (χ2n) is 5.71. The number of carbonyl (C=O) groups is 1. The molecule has 3 rings (SSSR count). The molecule has 1 N–H and O–H groups in total. The highest BCUT2D eigenvalue weighted by atomic mass is 32.2. The van der Waals surface area contributed by atoms with Crippen LogP contribution in [0.2, 0.25) is 0 Å². The van der Waals surface area contributed by atoms with Crippen molar-refractivity contribution in [1.29, 1.82) is 0 Å². The summed E-state index contributed by atoms with van der Waals surface area (Å²) < 4.78 is 1.55. The van der Waals surface area contributed by atoms with E-state index in [1.54, 1.807) is 34.1 Å². The van der Waals surface area contributed by atoms with Gasteiger partial charge in [0, 0.05) is 11.4 Å². The lowest BCUT2D eigenvalue weighted by Crippen LogP contribution is -2.28. The Kier molecular flexibility index (Phi) is 5.90. The Bertz CT molecular complexity index is 980. The van der Waals surface area contributed by atoms with Crippen molar-refractivity contribution in [1.82, 2.24) is 14.9 Å². The number of thiophene rings is 1. The van der Waals surface area contributed by atoms with E-state index in [1.807, 2.05) is 36.6 Å². The average Bonchev–Trinajstić information content (AvgIpc) is 3.17. The number of aromatic nitrogens is 2. The molecule has 0 fully saturated rings. The van der Waals surface area contributed by atoms with Gasteiger partial charge in [0.25, 0.3) is 5.56 Å². The molecule has 2 aromatic heterocycles. The number of nitrogens with one attached hydrogen (secondary N) is 1. The van der Waals surface area contributed by atoms with E-state index in [9.17, 15) is 9.59 Å². The Morgan fingerprint density at radius 1 is 1.38 bits per heavy atom. The summed E-state index contributed by atoms with van der Waals surface area (Å²) in [5, 5.41) is 6.04. The quantitative estimate of drug-likeness (QED) is 0.383. The predicted molar refractivity (Wildman–Crippen MR) is 108 cm³/mol. The maximum Gasteiger partial charge on any atom is 0.262 e. The fourth-order valence-corrected chi connectivity index (χ4v) is 4.12. The van der Waals surface area contributed by atoms with Gasteiger partial charge in [0.05, 0.1) is 22.7 Å². The average molecular weight is 386 g/mol. The summed E-state index contributed by atoms with van der Waals surface area (Å²) in [6.07, 6.45) is 1.65. The van der Waals surface area contributed by atoms with Crippen molar-refractivity contribution in [3.8, 4) is 0 Å². The van der Waals surface area contributed by atoms with Gasteiger partial charge in [0.1, 0.15) is 0 Å². The third-order valence-electron chi connectivity index (χ3n) is 3.82. The topological polar surface area (TPSA) is 64.0 Å². The monoisotopic (exact) mass is 385 g/mol. The summed E-state index contributed by atoms with van der Waals surface area (Å²) in [5.74, 6) is 0.0981. The second kappa shape index (κ2) is 8.33. The van der Waals surface area contributed by atoms with Gasteiger partial charge < -0.3 is 5.32 Å². The SMILES string of the molecule is C=CCn1c(SCC(=O)N[C@H](C)c2cccs2)nc2ccccc2c1=O. The molecule has 26 heavy (non-hydrogen) atoms. The molecular formula is C19H19N3O2S2. The molecule has 1 amide bonds. The molecule has 7 heteroatoms. The third-order valence-corrected chi connectivity index (χ3v) is 5.85. The summed E-state index contributed by atoms with van der Waals surface area (Å²) in [6.45, 7) is 6.01. The summed E-state index contributed by atoms with van der Waals surface area (Å²) in [6, 6.07) is 11.1. The molecule has 0 unspecified atom stereocenters. The van der Waals surface area contributed by atoms with Crippen LogP contribution in [0.5, 0.6) is 0 Å². The fourth-order valence-electron chi connectivity index (χ4n) is 2.57. The van der Waals surface area contributed by atoms with Crippen molar-refractivity contribution in [2.24, 2.45) is 0 Å². The first-order valence-corrected chi connectivity index (χ1v) is 10.0. The lowest BCUT2D eigenvalue weighted by molar-refractivity contribution is -0.119. The smallest absolute Gasteiger partial charge is 0.262 e. The van der Waals surface area contributed by atoms with Gasteiger partial charge in [0.2, 0.25) is 5.91 Å². The van der Waals surface area contributed by atoms with Crippen LogP contribution in [0.15, 0.2) is 64.4 Å². The Hall–Kier alpha value is -2.38. The predicted octanol–water partition coefficient (Wildman–Crippen LogP) is 3.61. The molecule has 0 saturated carbocycles. The molecule has 1 atom stereocenters. The van der Waals surface area contributed by atoms with E-state index in [-0.39, 0.29) is 23.3 Å². The normalized spacial score (nSPS) is 12.0. The number of para-hydroxylation sites is 1. The van der Waals surface area contributed by atoms with Gasteiger partial charge in [-0.05, 0) is 30.5 Å². The first kappa shape index (κ1) is 18.4. The highest BCUT2D eigenvalue weighted by Crippen LogP contribution is 2.20. The van der Waals surface area contributed by atoms with E-state index in [0.717, 1.165) is 4.88 Å². The van der Waals surface area contributed by atoms with Crippen LogP contribution in [0.1, 0.15) is 17.8 Å². The number of allylic oxidation sites excluding steroid dienone is 1. The molecule has 0 aliphatic carbocycles. The Labute approximate surface area is 159 Å². The largest absolute Gasteiger partial charge is 0.348 e. The van der Waals surface area contributed by atoms with Crippen LogP contribution in [0.3, 0.4) is 0 Å². The highest BCUT2D eigenvalue weighted by molar-refractivity contribution is 7.99. The first-order chi connectivity index (χ1) is 12.6. The van der Waals surface area contributed by atoms with Crippen LogP contribution < -0.4 is 10.9 Å².